The summed E-state index contributed by atoms with van der Waals surface area (Å²) in [5, 5.41) is 0.801. The number of methoxy groups -OCH3 is 2. The summed E-state index contributed by atoms with van der Waals surface area (Å²) in [4.78, 5) is 19.9. The summed E-state index contributed by atoms with van der Waals surface area (Å²) in [5.74, 6) is 1.88. The monoisotopic (exact) mass is 412 g/mol. The lowest BCUT2D eigenvalue weighted by atomic mass is 10.2. The first kappa shape index (κ1) is 20.7. The number of nitrogens with zero attached hydrogens (tertiary/aromatic N) is 2. The molecule has 0 atom stereocenters. The molecule has 0 aliphatic heterocycles. The first-order valence-corrected chi connectivity index (χ1v) is 10.0. The lowest BCUT2D eigenvalue weighted by molar-refractivity contribution is 0.0996. The van der Waals surface area contributed by atoms with Crippen LogP contribution in [0, 0.1) is 6.92 Å². The fraction of sp³-hybridized carbons (Fsp3) is 0.273. The lowest BCUT2D eigenvalue weighted by Gasteiger charge is -2.18. The van der Waals surface area contributed by atoms with Crippen molar-refractivity contribution < 1.29 is 19.0 Å². The molecule has 0 unspecified atom stereocenters. The third-order valence-electron chi connectivity index (χ3n) is 4.46. The van der Waals surface area contributed by atoms with Crippen LogP contribution in [0.4, 0.5) is 5.69 Å². The number of aryl methyl sites for hydroxylation is 1. The molecule has 1 amide bonds. The Hall–Kier alpha value is -3.06. The molecule has 0 saturated heterocycles. The molecule has 6 nitrogen and oxygen atoms in total. The van der Waals surface area contributed by atoms with Crippen LogP contribution < -0.4 is 19.1 Å². The molecule has 2 aromatic carbocycles. The number of anilines is 1. The molecular weight excluding hydrogens is 388 g/mol. The number of amides is 1. The van der Waals surface area contributed by atoms with Crippen molar-refractivity contribution in [2.24, 2.45) is 0 Å². The zero-order valence-electron chi connectivity index (χ0n) is 17.2. The van der Waals surface area contributed by atoms with E-state index in [1.165, 1.54) is 11.3 Å². The molecule has 0 fully saturated rings. The quantitative estimate of drug-likeness (QED) is 0.557. The summed E-state index contributed by atoms with van der Waals surface area (Å²) in [7, 11) is 4.88. The number of rotatable bonds is 7. The smallest absolute Gasteiger partial charge is 0.270 e. The van der Waals surface area contributed by atoms with E-state index in [9.17, 15) is 4.79 Å². The van der Waals surface area contributed by atoms with Gasteiger partial charge in [-0.15, -0.1) is 11.3 Å². The minimum absolute atomic E-state index is 0.121. The lowest BCUT2D eigenvalue weighted by Crippen LogP contribution is -2.26. The number of carbonyl (C=O) groups is 1. The summed E-state index contributed by atoms with van der Waals surface area (Å²) in [5.41, 5.74) is 2.37. The van der Waals surface area contributed by atoms with Gasteiger partial charge in [-0.1, -0.05) is 0 Å². The van der Waals surface area contributed by atoms with E-state index < -0.39 is 0 Å². The Morgan fingerprint density at radius 2 is 1.76 bits per heavy atom. The van der Waals surface area contributed by atoms with Gasteiger partial charge in [0.15, 0.2) is 11.5 Å². The first-order valence-electron chi connectivity index (χ1n) is 9.19. The molecule has 0 aliphatic carbocycles. The molecule has 3 aromatic rings. The minimum atomic E-state index is -0.121. The van der Waals surface area contributed by atoms with E-state index in [4.69, 9.17) is 14.2 Å². The molecule has 29 heavy (non-hydrogen) atoms. The highest BCUT2D eigenvalue weighted by Gasteiger charge is 2.21. The van der Waals surface area contributed by atoms with E-state index in [0.717, 1.165) is 16.3 Å². The third kappa shape index (κ3) is 4.35. The summed E-state index contributed by atoms with van der Waals surface area (Å²) in [6.45, 7) is 4.42. The molecule has 1 heterocycles. The molecule has 0 N–H and O–H groups in total. The molecule has 0 aliphatic rings. The third-order valence-corrected chi connectivity index (χ3v) is 5.66. The number of hydrogen-bond donors (Lipinski definition) is 0. The van der Waals surface area contributed by atoms with Gasteiger partial charge >= 0.3 is 0 Å². The Balaban J connectivity index is 1.86. The van der Waals surface area contributed by atoms with Gasteiger partial charge < -0.3 is 19.1 Å². The SMILES string of the molecule is CCOc1ccc(-c2nc(C)c(C(=O)N(C)c3ccc(OC)c(OC)c3)s2)cc1. The predicted octanol–water partition coefficient (Wildman–Crippen LogP) is 4.81. The van der Waals surface area contributed by atoms with Crippen LogP contribution in [0.15, 0.2) is 42.5 Å². The Morgan fingerprint density at radius 3 is 2.38 bits per heavy atom. The fourth-order valence-corrected chi connectivity index (χ4v) is 3.93. The molecule has 152 valence electrons. The van der Waals surface area contributed by atoms with Gasteiger partial charge in [0.2, 0.25) is 0 Å². The van der Waals surface area contributed by atoms with Crippen LogP contribution in [-0.2, 0) is 0 Å². The van der Waals surface area contributed by atoms with Gasteiger partial charge in [-0.2, -0.15) is 0 Å². The van der Waals surface area contributed by atoms with Gasteiger partial charge in [0.25, 0.3) is 5.91 Å². The molecule has 1 aromatic heterocycles. The van der Waals surface area contributed by atoms with Gasteiger partial charge in [0, 0.05) is 24.4 Å². The van der Waals surface area contributed by atoms with Crippen molar-refractivity contribution in [3.05, 3.63) is 53.0 Å². The number of benzene rings is 2. The average Bonchev–Trinajstić information content (AvgIpc) is 3.14. The molecule has 0 spiro atoms. The second kappa shape index (κ2) is 8.96. The van der Waals surface area contributed by atoms with Gasteiger partial charge in [-0.05, 0) is 50.2 Å². The van der Waals surface area contributed by atoms with Crippen LogP contribution in [0.3, 0.4) is 0 Å². The minimum Gasteiger partial charge on any atom is -0.494 e. The van der Waals surface area contributed by atoms with Crippen LogP contribution in [0.2, 0.25) is 0 Å². The Bertz CT molecular complexity index is 999. The van der Waals surface area contributed by atoms with Crippen molar-refractivity contribution in [1.82, 2.24) is 4.98 Å². The number of thiazole rings is 1. The summed E-state index contributed by atoms with van der Waals surface area (Å²) in [6.07, 6.45) is 0. The summed E-state index contributed by atoms with van der Waals surface area (Å²) < 4.78 is 16.1. The van der Waals surface area contributed by atoms with Crippen LogP contribution in [-0.4, -0.2) is 38.8 Å². The molecule has 7 heteroatoms. The zero-order valence-corrected chi connectivity index (χ0v) is 18.0. The largest absolute Gasteiger partial charge is 0.494 e. The van der Waals surface area contributed by atoms with E-state index in [2.05, 4.69) is 4.98 Å². The number of ether oxygens (including phenoxy) is 3. The van der Waals surface area contributed by atoms with Gasteiger partial charge in [0.1, 0.15) is 15.6 Å². The Morgan fingerprint density at radius 1 is 1.07 bits per heavy atom. The molecule has 0 bridgehead atoms. The van der Waals surface area contributed by atoms with Crippen LogP contribution in [0.25, 0.3) is 10.6 Å². The maximum Gasteiger partial charge on any atom is 0.270 e. The number of carbonyl (C=O) groups excluding carboxylic acids is 1. The summed E-state index contributed by atoms with van der Waals surface area (Å²) in [6, 6.07) is 13.1. The zero-order chi connectivity index (χ0) is 21.0. The highest BCUT2D eigenvalue weighted by Crippen LogP contribution is 2.34. The van der Waals surface area contributed by atoms with Gasteiger partial charge in [-0.25, -0.2) is 4.98 Å². The highest BCUT2D eigenvalue weighted by atomic mass is 32.1. The first-order chi connectivity index (χ1) is 14.0. The highest BCUT2D eigenvalue weighted by molar-refractivity contribution is 7.17. The van der Waals surface area contributed by atoms with Crippen molar-refractivity contribution in [3.63, 3.8) is 0 Å². The van der Waals surface area contributed by atoms with Gasteiger partial charge in [-0.3, -0.25) is 4.79 Å². The van der Waals surface area contributed by atoms with Gasteiger partial charge in [0.05, 0.1) is 26.5 Å². The van der Waals surface area contributed by atoms with Crippen molar-refractivity contribution in [2.45, 2.75) is 13.8 Å². The van der Waals surface area contributed by atoms with E-state index in [1.54, 1.807) is 38.3 Å². The summed E-state index contributed by atoms with van der Waals surface area (Å²) >= 11 is 1.38. The normalized spacial score (nSPS) is 10.5. The van der Waals surface area contributed by atoms with Crippen molar-refractivity contribution in [3.8, 4) is 27.8 Å². The topological polar surface area (TPSA) is 60.9 Å². The van der Waals surface area contributed by atoms with E-state index in [1.807, 2.05) is 44.2 Å². The van der Waals surface area contributed by atoms with Crippen molar-refractivity contribution in [2.75, 3.05) is 32.8 Å². The second-order valence-electron chi connectivity index (χ2n) is 6.29. The second-order valence-corrected chi connectivity index (χ2v) is 7.29. The fourth-order valence-electron chi connectivity index (χ4n) is 2.88. The number of hydrogen-bond acceptors (Lipinski definition) is 6. The van der Waals surface area contributed by atoms with E-state index in [0.29, 0.717) is 34.4 Å². The molecule has 0 saturated carbocycles. The molecule has 3 rings (SSSR count). The standard InChI is InChI=1S/C22H24N2O4S/c1-6-28-17-10-7-15(8-11-17)21-23-14(2)20(29-21)22(25)24(3)16-9-12-18(26-4)19(13-16)27-5/h7-13H,6H2,1-5H3. The van der Waals surface area contributed by atoms with Crippen LogP contribution in [0.5, 0.6) is 17.2 Å². The van der Waals surface area contributed by atoms with Crippen molar-refractivity contribution >= 4 is 22.9 Å². The average molecular weight is 413 g/mol. The van der Waals surface area contributed by atoms with Crippen molar-refractivity contribution in [1.29, 1.82) is 0 Å². The molecular formula is C22H24N2O4S. The maximum atomic E-state index is 13.1. The van der Waals surface area contributed by atoms with Crippen LogP contribution >= 0.6 is 11.3 Å². The Labute approximate surface area is 174 Å². The van der Waals surface area contributed by atoms with Crippen LogP contribution in [0.1, 0.15) is 22.3 Å². The maximum absolute atomic E-state index is 13.1. The predicted molar refractivity (Wildman–Crippen MR) is 116 cm³/mol. The Kier molecular flexibility index (Phi) is 6.39. The molecule has 0 radical (unpaired) electrons. The van der Waals surface area contributed by atoms with E-state index >= 15 is 0 Å². The number of aromatic nitrogens is 1. The van der Waals surface area contributed by atoms with E-state index in [-0.39, 0.29) is 5.91 Å².